The molecule has 3 rings (SSSR count). The summed E-state index contributed by atoms with van der Waals surface area (Å²) in [4.78, 5) is 11.0. The monoisotopic (exact) mass is 529 g/mol. The summed E-state index contributed by atoms with van der Waals surface area (Å²) in [6.07, 6.45) is 0.879. The van der Waals surface area contributed by atoms with Crippen LogP contribution in [0.3, 0.4) is 0 Å². The molecule has 174 valence electrons. The topological polar surface area (TPSA) is 107 Å². The largest absolute Gasteiger partial charge is 1.00 e. The molecular weight excluding hydrogens is 508 g/mol. The van der Waals surface area contributed by atoms with Crippen LogP contribution >= 0.6 is 23.2 Å². The fourth-order valence-corrected chi connectivity index (χ4v) is 5.10. The maximum absolute atomic E-state index is 12.8. The van der Waals surface area contributed by atoms with Gasteiger partial charge in [-0.25, -0.2) is 8.42 Å². The molecule has 0 fully saturated rings. The van der Waals surface area contributed by atoms with E-state index in [0.717, 1.165) is 36.1 Å². The van der Waals surface area contributed by atoms with Crippen LogP contribution in [0.2, 0.25) is 10.0 Å². The van der Waals surface area contributed by atoms with Crippen molar-refractivity contribution in [1.82, 2.24) is 5.32 Å². The van der Waals surface area contributed by atoms with Crippen molar-refractivity contribution in [3.63, 3.8) is 0 Å². The van der Waals surface area contributed by atoms with E-state index in [2.05, 4.69) is 5.32 Å². The normalized spacial score (nSPS) is 12.1. The molecule has 1 atom stereocenters. The zero-order chi connectivity index (χ0) is 24.0. The van der Waals surface area contributed by atoms with Gasteiger partial charge < -0.3 is 20.3 Å². The number of rotatable bonds is 10. The van der Waals surface area contributed by atoms with Gasteiger partial charge in [0.25, 0.3) is 0 Å². The Hall–Kier alpha value is -1.42. The van der Waals surface area contributed by atoms with Crippen molar-refractivity contribution in [2.45, 2.75) is 28.7 Å². The second kappa shape index (κ2) is 13.0. The van der Waals surface area contributed by atoms with Crippen molar-refractivity contribution < 1.29 is 53.0 Å². The number of hydrogen-bond acceptors (Lipinski definition) is 6. The molecular formula is C24H22Cl2NNaO5S. The molecule has 3 aromatic rings. The number of nitrogens with one attached hydrogen (secondary N) is 1. The number of aliphatic hydroxyl groups excluding tert-OH is 1. The van der Waals surface area contributed by atoms with Gasteiger partial charge in [-0.3, -0.25) is 0 Å². The van der Waals surface area contributed by atoms with Gasteiger partial charge >= 0.3 is 29.6 Å². The number of carbonyl (C=O) groups excluding carboxylic acids is 1. The average Bonchev–Trinajstić information content (AvgIpc) is 2.78. The van der Waals surface area contributed by atoms with Gasteiger partial charge in [0.15, 0.2) is 0 Å². The maximum atomic E-state index is 12.8. The molecule has 0 bridgehead atoms. The van der Waals surface area contributed by atoms with Crippen LogP contribution in [0, 0.1) is 0 Å². The maximum Gasteiger partial charge on any atom is 1.00 e. The van der Waals surface area contributed by atoms with Crippen LogP contribution in [0.1, 0.15) is 34.0 Å². The zero-order valence-corrected chi connectivity index (χ0v) is 22.8. The molecule has 0 spiro atoms. The number of benzene rings is 3. The summed E-state index contributed by atoms with van der Waals surface area (Å²) in [7, 11) is -3.84. The molecule has 0 unspecified atom stereocenters. The Labute approximate surface area is 231 Å². The summed E-state index contributed by atoms with van der Waals surface area (Å²) in [6, 6.07) is 17.0. The second-order valence-electron chi connectivity index (χ2n) is 7.45. The van der Waals surface area contributed by atoms with Gasteiger partial charge in [-0.15, -0.1) is 0 Å². The SMILES string of the molecule is O=C([O-])c1ccc(S(=O)(=O)c2ccc(CCCNC[C@H](O)c3cccc(Cl)c3)cc2)cc1Cl.[Na+]. The number of halogens is 2. The molecule has 0 radical (unpaired) electrons. The van der Waals surface area contributed by atoms with E-state index < -0.39 is 21.9 Å². The fraction of sp³-hybridized carbons (Fsp3) is 0.208. The van der Waals surface area contributed by atoms with E-state index in [9.17, 15) is 23.4 Å². The molecule has 0 saturated heterocycles. The van der Waals surface area contributed by atoms with Crippen molar-refractivity contribution in [1.29, 1.82) is 0 Å². The van der Waals surface area contributed by atoms with E-state index in [4.69, 9.17) is 23.2 Å². The van der Waals surface area contributed by atoms with Gasteiger partial charge in [0.2, 0.25) is 9.84 Å². The molecule has 0 amide bonds. The number of aliphatic hydroxyl groups is 1. The second-order valence-corrected chi connectivity index (χ2v) is 10.2. The minimum Gasteiger partial charge on any atom is -0.545 e. The van der Waals surface area contributed by atoms with Crippen LogP contribution in [0.25, 0.3) is 0 Å². The first-order valence-corrected chi connectivity index (χ1v) is 12.4. The summed E-state index contributed by atoms with van der Waals surface area (Å²) >= 11 is 11.8. The minimum absolute atomic E-state index is 0. The summed E-state index contributed by atoms with van der Waals surface area (Å²) in [5.74, 6) is -1.47. The van der Waals surface area contributed by atoms with Crippen molar-refractivity contribution in [3.8, 4) is 0 Å². The van der Waals surface area contributed by atoms with Crippen LogP contribution in [0.4, 0.5) is 0 Å². The number of sulfone groups is 1. The Morgan fingerprint density at radius 1 is 1.00 bits per heavy atom. The van der Waals surface area contributed by atoms with Crippen LogP contribution in [-0.2, 0) is 16.3 Å². The van der Waals surface area contributed by atoms with E-state index in [0.29, 0.717) is 18.1 Å². The number of hydrogen-bond donors (Lipinski definition) is 2. The Morgan fingerprint density at radius 2 is 1.68 bits per heavy atom. The van der Waals surface area contributed by atoms with Crippen LogP contribution in [0.15, 0.2) is 76.5 Å². The number of aromatic carboxylic acids is 1. The zero-order valence-electron chi connectivity index (χ0n) is 18.5. The Bertz CT molecular complexity index is 1240. The first-order valence-electron chi connectivity index (χ1n) is 10.2. The molecule has 0 aliphatic heterocycles. The van der Waals surface area contributed by atoms with Gasteiger partial charge in [0, 0.05) is 17.1 Å². The molecule has 34 heavy (non-hydrogen) atoms. The van der Waals surface area contributed by atoms with Gasteiger partial charge in [0.05, 0.1) is 26.9 Å². The smallest absolute Gasteiger partial charge is 0.545 e. The van der Waals surface area contributed by atoms with Crippen molar-refractivity contribution in [2.24, 2.45) is 0 Å². The molecule has 0 aliphatic rings. The van der Waals surface area contributed by atoms with E-state index in [1.54, 1.807) is 30.3 Å². The average molecular weight is 530 g/mol. The Morgan fingerprint density at radius 3 is 2.29 bits per heavy atom. The molecule has 0 aromatic heterocycles. The van der Waals surface area contributed by atoms with E-state index in [1.807, 2.05) is 6.07 Å². The summed E-state index contributed by atoms with van der Waals surface area (Å²) in [5.41, 5.74) is 1.46. The van der Waals surface area contributed by atoms with E-state index in [1.165, 1.54) is 18.2 Å². The van der Waals surface area contributed by atoms with Crippen molar-refractivity contribution >= 4 is 39.0 Å². The summed E-state index contributed by atoms with van der Waals surface area (Å²) < 4.78 is 25.6. The van der Waals surface area contributed by atoms with Crippen molar-refractivity contribution in [2.75, 3.05) is 13.1 Å². The van der Waals surface area contributed by atoms with Gasteiger partial charge in [-0.1, -0.05) is 53.5 Å². The van der Waals surface area contributed by atoms with Gasteiger partial charge in [-0.05, 0) is 66.9 Å². The third-order valence-corrected chi connectivity index (χ3v) is 7.41. The third-order valence-electron chi connectivity index (χ3n) is 5.09. The van der Waals surface area contributed by atoms with Crippen LogP contribution in [-0.4, -0.2) is 32.6 Å². The minimum atomic E-state index is -3.84. The van der Waals surface area contributed by atoms with Gasteiger partial charge in [0.1, 0.15) is 0 Å². The molecule has 0 saturated carbocycles. The number of carboxylic acid groups (broad SMARTS) is 1. The van der Waals surface area contributed by atoms with Gasteiger partial charge in [-0.2, -0.15) is 0 Å². The molecule has 3 aromatic carbocycles. The molecule has 0 heterocycles. The quantitative estimate of drug-likeness (QED) is 0.291. The van der Waals surface area contributed by atoms with E-state index in [-0.39, 0.29) is 49.9 Å². The molecule has 0 aliphatic carbocycles. The fourth-order valence-electron chi connectivity index (χ4n) is 3.29. The van der Waals surface area contributed by atoms with Crippen LogP contribution < -0.4 is 40.0 Å². The standard InChI is InChI=1S/C24H23Cl2NO5S.Na/c25-18-5-1-4-17(13-18)23(28)15-27-12-2-3-16-6-8-19(9-7-16)33(31,32)20-10-11-21(24(29)30)22(26)14-20;/h1,4-11,13-14,23,27-28H,2-3,12,15H2,(H,29,30);/q;+1/p-1/t23-;/m0./s1. The number of aryl methyl sites for hydroxylation is 1. The van der Waals surface area contributed by atoms with E-state index >= 15 is 0 Å². The number of carboxylic acids is 1. The predicted octanol–water partition coefficient (Wildman–Crippen LogP) is 0.449. The Kier molecular flexibility index (Phi) is 11.1. The molecule has 6 nitrogen and oxygen atoms in total. The molecule has 2 N–H and O–H groups in total. The van der Waals surface area contributed by atoms with Crippen molar-refractivity contribution in [3.05, 3.63) is 93.5 Å². The molecule has 10 heteroatoms. The summed E-state index contributed by atoms with van der Waals surface area (Å²) in [5, 5.41) is 24.7. The third kappa shape index (κ3) is 7.54. The van der Waals surface area contributed by atoms with Crippen LogP contribution in [0.5, 0.6) is 0 Å². The number of carbonyl (C=O) groups is 1. The Balaban J connectivity index is 0.00000408. The first kappa shape index (κ1) is 28.8. The predicted molar refractivity (Wildman–Crippen MR) is 125 cm³/mol. The summed E-state index contributed by atoms with van der Waals surface area (Å²) in [6.45, 7) is 1.08. The first-order chi connectivity index (χ1) is 15.7.